The number of hydrogen-bond donors (Lipinski definition) is 1. The van der Waals surface area contributed by atoms with Crippen LogP contribution in [0.1, 0.15) is 28.9 Å². The van der Waals surface area contributed by atoms with Crippen molar-refractivity contribution < 1.29 is 4.79 Å². The molecule has 1 atom stereocenters. The quantitative estimate of drug-likeness (QED) is 0.612. The molecule has 5 heteroatoms. The van der Waals surface area contributed by atoms with Crippen LogP contribution in [0.3, 0.4) is 0 Å². The van der Waals surface area contributed by atoms with E-state index in [9.17, 15) is 4.79 Å². The summed E-state index contributed by atoms with van der Waals surface area (Å²) in [5.74, 6) is -0.0744. The molecule has 1 aromatic heterocycles. The number of benzene rings is 3. The number of hydrogen-bond acceptors (Lipinski definition) is 3. The molecule has 0 saturated heterocycles. The van der Waals surface area contributed by atoms with E-state index in [1.54, 1.807) is 11.0 Å². The molecule has 4 rings (SSSR count). The van der Waals surface area contributed by atoms with Crippen molar-refractivity contribution >= 4 is 16.7 Å². The Morgan fingerprint density at radius 1 is 1.00 bits per heavy atom. The first-order chi connectivity index (χ1) is 12.7. The van der Waals surface area contributed by atoms with E-state index in [0.29, 0.717) is 5.56 Å². The summed E-state index contributed by atoms with van der Waals surface area (Å²) in [5, 5.41) is 9.22. The third-order valence-electron chi connectivity index (χ3n) is 4.46. The molecular weight excluding hydrogens is 324 g/mol. The first-order valence-corrected chi connectivity index (χ1v) is 8.46. The molecule has 0 spiro atoms. The Bertz CT molecular complexity index is 1030. The zero-order valence-corrected chi connectivity index (χ0v) is 14.3. The number of fused-ring (bicyclic) bond motifs is 1. The van der Waals surface area contributed by atoms with Crippen molar-refractivity contribution in [3.8, 4) is 5.69 Å². The Balaban J connectivity index is 1.54. The van der Waals surface area contributed by atoms with Crippen LogP contribution < -0.4 is 5.32 Å². The van der Waals surface area contributed by atoms with Crippen molar-refractivity contribution in [3.63, 3.8) is 0 Å². The summed E-state index contributed by atoms with van der Waals surface area (Å²) >= 11 is 0. The molecule has 1 amide bonds. The normalized spacial score (nSPS) is 12.0. The van der Waals surface area contributed by atoms with Crippen molar-refractivity contribution in [3.05, 3.63) is 90.5 Å². The minimum absolute atomic E-state index is 0.0744. The van der Waals surface area contributed by atoms with Gasteiger partial charge in [0, 0.05) is 5.56 Å². The van der Waals surface area contributed by atoms with E-state index >= 15 is 0 Å². The van der Waals surface area contributed by atoms with Crippen molar-refractivity contribution in [1.82, 2.24) is 20.1 Å². The number of carbonyl (C=O) groups excluding carboxylic acids is 1. The molecular formula is C21H18N4O. The smallest absolute Gasteiger partial charge is 0.252 e. The summed E-state index contributed by atoms with van der Waals surface area (Å²) in [6.45, 7) is 1.98. The molecule has 1 heterocycles. The topological polar surface area (TPSA) is 59.8 Å². The number of aromatic nitrogens is 3. The monoisotopic (exact) mass is 342 g/mol. The summed E-state index contributed by atoms with van der Waals surface area (Å²) in [4.78, 5) is 16.7. The molecule has 0 aliphatic heterocycles. The number of nitrogens with zero attached hydrogens (tertiary/aromatic N) is 3. The Hall–Kier alpha value is -3.47. The van der Waals surface area contributed by atoms with Crippen LogP contribution in [0.15, 0.2) is 79.4 Å². The van der Waals surface area contributed by atoms with E-state index in [2.05, 4.69) is 15.4 Å². The van der Waals surface area contributed by atoms with Gasteiger partial charge in [-0.1, -0.05) is 48.5 Å². The summed E-state index contributed by atoms with van der Waals surface area (Å²) in [6, 6.07) is 21.5. The number of rotatable bonds is 4. The molecule has 1 N–H and O–H groups in total. The first kappa shape index (κ1) is 16.0. The van der Waals surface area contributed by atoms with Gasteiger partial charge in [-0.15, -0.1) is 0 Å². The highest BCUT2D eigenvalue weighted by Crippen LogP contribution is 2.20. The van der Waals surface area contributed by atoms with Gasteiger partial charge in [0.15, 0.2) is 0 Å². The Kier molecular flexibility index (Phi) is 4.19. The number of carbonyl (C=O) groups is 1. The van der Waals surface area contributed by atoms with Gasteiger partial charge in [-0.2, -0.15) is 5.10 Å². The van der Waals surface area contributed by atoms with Gasteiger partial charge in [-0.05, 0) is 41.5 Å². The van der Waals surface area contributed by atoms with Crippen LogP contribution >= 0.6 is 0 Å². The van der Waals surface area contributed by atoms with Crippen molar-refractivity contribution in [2.75, 3.05) is 0 Å². The van der Waals surface area contributed by atoms with Crippen LogP contribution in [-0.4, -0.2) is 20.7 Å². The summed E-state index contributed by atoms with van der Waals surface area (Å²) in [6.07, 6.45) is 3.15. The number of amides is 1. The highest BCUT2D eigenvalue weighted by atomic mass is 16.1. The molecule has 0 bridgehead atoms. The third kappa shape index (κ3) is 3.07. The fourth-order valence-electron chi connectivity index (χ4n) is 3.04. The van der Waals surface area contributed by atoms with Crippen LogP contribution in [-0.2, 0) is 0 Å². The van der Waals surface area contributed by atoms with E-state index in [0.717, 1.165) is 22.0 Å². The van der Waals surface area contributed by atoms with Crippen molar-refractivity contribution in [2.24, 2.45) is 0 Å². The molecule has 4 aromatic rings. The SMILES string of the molecule is C[C@H](NC(=O)c1cccc2ccccc12)c1ccc(-n2cncn2)cc1. The zero-order chi connectivity index (χ0) is 17.9. The van der Waals surface area contributed by atoms with Gasteiger partial charge in [0.05, 0.1) is 11.7 Å². The van der Waals surface area contributed by atoms with E-state index < -0.39 is 0 Å². The average molecular weight is 342 g/mol. The van der Waals surface area contributed by atoms with Crippen LogP contribution in [0.2, 0.25) is 0 Å². The first-order valence-electron chi connectivity index (χ1n) is 8.46. The fourth-order valence-corrected chi connectivity index (χ4v) is 3.04. The molecule has 0 aliphatic rings. The van der Waals surface area contributed by atoms with Gasteiger partial charge in [-0.3, -0.25) is 4.79 Å². The minimum atomic E-state index is -0.105. The zero-order valence-electron chi connectivity index (χ0n) is 14.3. The lowest BCUT2D eigenvalue weighted by atomic mass is 10.0. The minimum Gasteiger partial charge on any atom is -0.345 e. The average Bonchev–Trinajstić information content (AvgIpc) is 3.22. The standard InChI is InChI=1S/C21H18N4O/c1-15(16-9-11-18(12-10-16)25-14-22-13-23-25)24-21(26)20-8-4-6-17-5-2-3-7-19(17)20/h2-15H,1H3,(H,24,26)/t15-/m0/s1. The lowest BCUT2D eigenvalue weighted by Crippen LogP contribution is -2.26. The Morgan fingerprint density at radius 2 is 1.77 bits per heavy atom. The molecule has 26 heavy (non-hydrogen) atoms. The highest BCUT2D eigenvalue weighted by molar-refractivity contribution is 6.07. The molecule has 0 fully saturated rings. The van der Waals surface area contributed by atoms with Crippen molar-refractivity contribution in [2.45, 2.75) is 13.0 Å². The fraction of sp³-hybridized carbons (Fsp3) is 0.0952. The largest absolute Gasteiger partial charge is 0.345 e. The molecule has 128 valence electrons. The Morgan fingerprint density at radius 3 is 2.54 bits per heavy atom. The second-order valence-corrected chi connectivity index (χ2v) is 6.15. The molecule has 0 saturated carbocycles. The summed E-state index contributed by atoms with van der Waals surface area (Å²) in [5.41, 5.74) is 2.65. The molecule has 0 aliphatic carbocycles. The van der Waals surface area contributed by atoms with Gasteiger partial charge in [0.2, 0.25) is 0 Å². The predicted molar refractivity (Wildman–Crippen MR) is 101 cm³/mol. The number of nitrogens with one attached hydrogen (secondary N) is 1. The summed E-state index contributed by atoms with van der Waals surface area (Å²) in [7, 11) is 0. The molecule has 3 aromatic carbocycles. The van der Waals surface area contributed by atoms with Crippen molar-refractivity contribution in [1.29, 1.82) is 0 Å². The lowest BCUT2D eigenvalue weighted by molar-refractivity contribution is 0.0941. The molecule has 0 radical (unpaired) electrons. The van der Waals surface area contributed by atoms with Gasteiger partial charge in [-0.25, -0.2) is 9.67 Å². The molecule has 5 nitrogen and oxygen atoms in total. The third-order valence-corrected chi connectivity index (χ3v) is 4.46. The van der Waals surface area contributed by atoms with E-state index in [-0.39, 0.29) is 11.9 Å². The van der Waals surface area contributed by atoms with Crippen LogP contribution in [0.5, 0.6) is 0 Å². The van der Waals surface area contributed by atoms with Gasteiger partial charge >= 0.3 is 0 Å². The highest BCUT2D eigenvalue weighted by Gasteiger charge is 2.14. The second kappa shape index (κ2) is 6.80. The second-order valence-electron chi connectivity index (χ2n) is 6.15. The Labute approximate surface area is 151 Å². The lowest BCUT2D eigenvalue weighted by Gasteiger charge is -2.16. The van der Waals surface area contributed by atoms with Crippen LogP contribution in [0.25, 0.3) is 16.5 Å². The maximum atomic E-state index is 12.8. The predicted octanol–water partition coefficient (Wildman–Crippen LogP) is 3.91. The van der Waals surface area contributed by atoms with E-state index in [1.165, 1.54) is 6.33 Å². The van der Waals surface area contributed by atoms with Gasteiger partial charge in [0.25, 0.3) is 5.91 Å². The van der Waals surface area contributed by atoms with E-state index in [1.807, 2.05) is 73.7 Å². The van der Waals surface area contributed by atoms with Gasteiger partial charge < -0.3 is 5.32 Å². The van der Waals surface area contributed by atoms with Crippen LogP contribution in [0, 0.1) is 0 Å². The maximum absolute atomic E-state index is 12.8. The van der Waals surface area contributed by atoms with Gasteiger partial charge in [0.1, 0.15) is 12.7 Å². The van der Waals surface area contributed by atoms with E-state index in [4.69, 9.17) is 0 Å². The maximum Gasteiger partial charge on any atom is 0.252 e. The molecule has 0 unspecified atom stereocenters. The van der Waals surface area contributed by atoms with Crippen LogP contribution in [0.4, 0.5) is 0 Å². The summed E-state index contributed by atoms with van der Waals surface area (Å²) < 4.78 is 1.70.